The summed E-state index contributed by atoms with van der Waals surface area (Å²) in [5.41, 5.74) is 8.64. The molecule has 0 spiro atoms. The van der Waals surface area contributed by atoms with E-state index in [-0.39, 0.29) is 23.4 Å². The molecule has 0 saturated carbocycles. The topological polar surface area (TPSA) is 32.7 Å². The minimum Gasteiger partial charge on any atom is -0.491 e. The highest BCUT2D eigenvalue weighted by atomic mass is 16.5. The maximum Gasteiger partial charge on any atom is 0.119 e. The smallest absolute Gasteiger partial charge is 0.119 e. The molecular formula is C38H47NO2. The van der Waals surface area contributed by atoms with Gasteiger partial charge in [-0.05, 0) is 87.5 Å². The van der Waals surface area contributed by atoms with Crippen molar-refractivity contribution in [1.82, 2.24) is 0 Å². The molecule has 0 fully saturated rings. The first-order valence-corrected chi connectivity index (χ1v) is 14.8. The Bertz CT molecular complexity index is 1390. The Morgan fingerprint density at radius 1 is 0.659 bits per heavy atom. The molecule has 0 aliphatic carbocycles. The number of anilines is 3. The lowest BCUT2D eigenvalue weighted by Gasteiger charge is -2.33. The Morgan fingerprint density at radius 2 is 1.17 bits per heavy atom. The van der Waals surface area contributed by atoms with Gasteiger partial charge in [0.25, 0.3) is 0 Å². The number of ether oxygens (including phenoxy) is 1. The van der Waals surface area contributed by atoms with E-state index in [1.165, 1.54) is 22.3 Å². The van der Waals surface area contributed by atoms with E-state index in [4.69, 9.17) is 4.74 Å². The van der Waals surface area contributed by atoms with Crippen molar-refractivity contribution < 1.29 is 9.84 Å². The number of hydrogen-bond donors (Lipinski definition) is 1. The van der Waals surface area contributed by atoms with Crippen molar-refractivity contribution in [3.8, 4) is 5.75 Å². The molecular weight excluding hydrogens is 502 g/mol. The highest BCUT2D eigenvalue weighted by Crippen LogP contribution is 2.43. The molecule has 0 amide bonds. The van der Waals surface area contributed by atoms with Crippen LogP contribution in [0.3, 0.4) is 0 Å². The number of aliphatic hydroxyl groups excluding tert-OH is 1. The SMILES string of the molecule is CC(C)c1ccc(N(c2ccc(C(c3cccc(OCCO)c3)C(C)(C)C)cc2)c2ccc(C(C)(C)C)cc2)cc1. The molecule has 4 rings (SSSR count). The van der Waals surface area contributed by atoms with E-state index < -0.39 is 0 Å². The van der Waals surface area contributed by atoms with E-state index in [1.54, 1.807) is 0 Å². The molecule has 0 aromatic heterocycles. The number of rotatable bonds is 9. The van der Waals surface area contributed by atoms with Crippen molar-refractivity contribution in [3.05, 3.63) is 119 Å². The first-order valence-electron chi connectivity index (χ1n) is 14.8. The third-order valence-corrected chi connectivity index (χ3v) is 7.71. The van der Waals surface area contributed by atoms with E-state index in [0.29, 0.717) is 12.5 Å². The lowest BCUT2D eigenvalue weighted by atomic mass is 9.72. The van der Waals surface area contributed by atoms with Crippen molar-refractivity contribution in [3.63, 3.8) is 0 Å². The molecule has 3 heteroatoms. The van der Waals surface area contributed by atoms with E-state index in [0.717, 1.165) is 22.8 Å². The van der Waals surface area contributed by atoms with Crippen LogP contribution >= 0.6 is 0 Å². The van der Waals surface area contributed by atoms with Crippen molar-refractivity contribution in [2.75, 3.05) is 18.1 Å². The van der Waals surface area contributed by atoms with E-state index in [9.17, 15) is 5.11 Å². The second-order valence-electron chi connectivity index (χ2n) is 13.4. The molecule has 0 aliphatic rings. The zero-order valence-electron chi connectivity index (χ0n) is 26.1. The van der Waals surface area contributed by atoms with Gasteiger partial charge in [-0.2, -0.15) is 0 Å². The Kier molecular flexibility index (Phi) is 9.29. The van der Waals surface area contributed by atoms with E-state index >= 15 is 0 Å². The Morgan fingerprint density at radius 3 is 1.63 bits per heavy atom. The summed E-state index contributed by atoms with van der Waals surface area (Å²) in [5, 5.41) is 9.21. The van der Waals surface area contributed by atoms with Crippen molar-refractivity contribution >= 4 is 17.1 Å². The van der Waals surface area contributed by atoms with Gasteiger partial charge in [0.05, 0.1) is 6.61 Å². The van der Waals surface area contributed by atoms with Crippen molar-refractivity contribution in [2.24, 2.45) is 5.41 Å². The maximum absolute atomic E-state index is 9.21. The van der Waals surface area contributed by atoms with Crippen LogP contribution in [0.1, 0.15) is 89.5 Å². The van der Waals surface area contributed by atoms with Gasteiger partial charge < -0.3 is 14.7 Å². The molecule has 1 unspecified atom stereocenters. The number of benzene rings is 4. The molecule has 0 aliphatic heterocycles. The van der Waals surface area contributed by atoms with Gasteiger partial charge in [-0.15, -0.1) is 0 Å². The van der Waals surface area contributed by atoms with Crippen LogP contribution < -0.4 is 9.64 Å². The zero-order chi connectivity index (χ0) is 29.8. The summed E-state index contributed by atoms with van der Waals surface area (Å²) < 4.78 is 5.74. The lowest BCUT2D eigenvalue weighted by Crippen LogP contribution is -2.20. The van der Waals surface area contributed by atoms with Crippen LogP contribution in [0.15, 0.2) is 97.1 Å². The first kappa shape index (κ1) is 30.4. The van der Waals surface area contributed by atoms with Crippen molar-refractivity contribution in [1.29, 1.82) is 0 Å². The van der Waals surface area contributed by atoms with Gasteiger partial charge in [0, 0.05) is 23.0 Å². The van der Waals surface area contributed by atoms with E-state index in [2.05, 4.69) is 145 Å². The summed E-state index contributed by atoms with van der Waals surface area (Å²) in [4.78, 5) is 2.34. The average Bonchev–Trinajstić information content (AvgIpc) is 2.92. The molecule has 1 N–H and O–H groups in total. The van der Waals surface area contributed by atoms with Crippen LogP contribution in [0, 0.1) is 5.41 Å². The number of hydrogen-bond acceptors (Lipinski definition) is 3. The van der Waals surface area contributed by atoms with Crippen LogP contribution in [0.4, 0.5) is 17.1 Å². The first-order chi connectivity index (χ1) is 19.4. The summed E-state index contributed by atoms with van der Waals surface area (Å²) >= 11 is 0. The number of nitrogens with zero attached hydrogens (tertiary/aromatic N) is 1. The van der Waals surface area contributed by atoms with Gasteiger partial charge >= 0.3 is 0 Å². The standard InChI is InChI=1S/C38H47NO2/c1-27(2)28-12-18-32(19-13-28)39(34-22-16-31(17-23-34)37(3,4)5)33-20-14-29(15-21-33)36(38(6,7)8)30-10-9-11-35(26-30)41-25-24-40/h9-23,26-27,36,40H,24-25H2,1-8H3. The largest absolute Gasteiger partial charge is 0.491 e. The fourth-order valence-electron chi connectivity index (χ4n) is 5.52. The summed E-state index contributed by atoms with van der Waals surface area (Å²) in [6.07, 6.45) is 0. The minimum absolute atomic E-state index is 0.00399. The highest BCUT2D eigenvalue weighted by Gasteiger charge is 2.28. The fraction of sp³-hybridized carbons (Fsp3) is 0.368. The van der Waals surface area contributed by atoms with Gasteiger partial charge in [-0.1, -0.05) is 104 Å². The molecule has 1 atom stereocenters. The Balaban J connectivity index is 1.75. The molecule has 0 heterocycles. The highest BCUT2D eigenvalue weighted by molar-refractivity contribution is 5.77. The van der Waals surface area contributed by atoms with Crippen LogP contribution in [0.2, 0.25) is 0 Å². The summed E-state index contributed by atoms with van der Waals surface area (Å²) in [7, 11) is 0. The van der Waals surface area contributed by atoms with Gasteiger partial charge in [-0.3, -0.25) is 0 Å². The molecule has 4 aromatic rings. The second-order valence-corrected chi connectivity index (χ2v) is 13.4. The molecule has 0 radical (unpaired) electrons. The third-order valence-electron chi connectivity index (χ3n) is 7.71. The predicted molar refractivity (Wildman–Crippen MR) is 174 cm³/mol. The van der Waals surface area contributed by atoms with Crippen LogP contribution in [-0.4, -0.2) is 18.3 Å². The zero-order valence-corrected chi connectivity index (χ0v) is 26.1. The molecule has 0 bridgehead atoms. The Labute approximate surface area is 247 Å². The van der Waals surface area contributed by atoms with Gasteiger partial charge in [0.15, 0.2) is 0 Å². The van der Waals surface area contributed by atoms with Crippen LogP contribution in [0.5, 0.6) is 5.75 Å². The quantitative estimate of drug-likeness (QED) is 0.225. The van der Waals surface area contributed by atoms with Crippen LogP contribution in [-0.2, 0) is 5.41 Å². The predicted octanol–water partition coefficient (Wildman–Crippen LogP) is 10.1. The monoisotopic (exact) mass is 549 g/mol. The third kappa shape index (κ3) is 7.40. The average molecular weight is 550 g/mol. The molecule has 0 saturated heterocycles. The van der Waals surface area contributed by atoms with Gasteiger partial charge in [0.1, 0.15) is 12.4 Å². The summed E-state index contributed by atoms with van der Waals surface area (Å²) in [6.45, 7) is 18.4. The van der Waals surface area contributed by atoms with Crippen molar-refractivity contribution in [2.45, 2.75) is 72.6 Å². The number of aliphatic hydroxyl groups is 1. The maximum atomic E-state index is 9.21. The van der Waals surface area contributed by atoms with Gasteiger partial charge in [-0.25, -0.2) is 0 Å². The molecule has 41 heavy (non-hydrogen) atoms. The molecule has 216 valence electrons. The fourth-order valence-corrected chi connectivity index (χ4v) is 5.52. The Hall–Kier alpha value is -3.56. The molecule has 3 nitrogen and oxygen atoms in total. The summed E-state index contributed by atoms with van der Waals surface area (Å²) in [5.74, 6) is 1.46. The second kappa shape index (κ2) is 12.5. The van der Waals surface area contributed by atoms with Gasteiger partial charge in [0.2, 0.25) is 0 Å². The molecule has 4 aromatic carbocycles. The normalized spacial score (nSPS) is 12.8. The lowest BCUT2D eigenvalue weighted by molar-refractivity contribution is 0.201. The minimum atomic E-state index is -0.00767. The van der Waals surface area contributed by atoms with E-state index in [1.807, 2.05) is 12.1 Å². The van der Waals surface area contributed by atoms with Crippen LogP contribution in [0.25, 0.3) is 0 Å². The summed E-state index contributed by atoms with van der Waals surface area (Å²) in [6, 6.07) is 35.2.